The molecule has 2 aromatic carbocycles. The van der Waals surface area contributed by atoms with Gasteiger partial charge in [-0.1, -0.05) is 33.6 Å². The van der Waals surface area contributed by atoms with Crippen molar-refractivity contribution < 1.29 is 8.42 Å². The summed E-state index contributed by atoms with van der Waals surface area (Å²) in [4.78, 5) is 1.64. The quantitative estimate of drug-likeness (QED) is 0.480. The molecule has 2 aromatic rings. The van der Waals surface area contributed by atoms with Gasteiger partial charge in [-0.15, -0.1) is 11.8 Å². The van der Waals surface area contributed by atoms with Gasteiger partial charge >= 0.3 is 0 Å². The number of halogens is 1. The lowest BCUT2D eigenvalue weighted by molar-refractivity contribution is 0.593. The van der Waals surface area contributed by atoms with Crippen molar-refractivity contribution in [2.24, 2.45) is 0 Å². The number of benzene rings is 2. The molecular formula is C17H19BrO2S2. The first-order valence-corrected chi connectivity index (χ1v) is 10.6. The molecule has 5 heteroatoms. The van der Waals surface area contributed by atoms with Crippen LogP contribution >= 0.6 is 27.7 Å². The highest BCUT2D eigenvalue weighted by atomic mass is 79.9. The van der Waals surface area contributed by atoms with Gasteiger partial charge < -0.3 is 0 Å². The molecule has 0 radical (unpaired) electrons. The second kappa shape index (κ2) is 8.18. The molecule has 22 heavy (non-hydrogen) atoms. The number of sulfone groups is 1. The Balaban J connectivity index is 1.76. The molecule has 0 amide bonds. The molecule has 0 spiro atoms. The summed E-state index contributed by atoms with van der Waals surface area (Å²) in [5.41, 5.74) is 1.07. The molecule has 0 unspecified atom stereocenters. The van der Waals surface area contributed by atoms with Crippen LogP contribution in [0.25, 0.3) is 0 Å². The summed E-state index contributed by atoms with van der Waals surface area (Å²) in [6.07, 6.45) is 1.59. The summed E-state index contributed by atoms with van der Waals surface area (Å²) in [5.74, 6) is 1.15. The van der Waals surface area contributed by atoms with Crippen LogP contribution in [0.2, 0.25) is 0 Å². The van der Waals surface area contributed by atoms with E-state index in [0.29, 0.717) is 11.3 Å². The molecule has 118 valence electrons. The fraction of sp³-hybridized carbons (Fsp3) is 0.294. The van der Waals surface area contributed by atoms with Crippen LogP contribution in [0.1, 0.15) is 18.4 Å². The number of thioether (sulfide) groups is 1. The van der Waals surface area contributed by atoms with Crippen LogP contribution in [0.4, 0.5) is 0 Å². The Morgan fingerprint density at radius 2 is 1.59 bits per heavy atom. The van der Waals surface area contributed by atoms with E-state index < -0.39 is 9.84 Å². The van der Waals surface area contributed by atoms with E-state index in [1.165, 1.54) is 4.90 Å². The summed E-state index contributed by atoms with van der Waals surface area (Å²) in [6, 6.07) is 15.2. The zero-order valence-corrected chi connectivity index (χ0v) is 15.7. The van der Waals surface area contributed by atoms with E-state index in [1.807, 2.05) is 31.2 Å². The Morgan fingerprint density at radius 3 is 2.23 bits per heavy atom. The lowest BCUT2D eigenvalue weighted by atomic mass is 10.2. The second-order valence-electron chi connectivity index (χ2n) is 5.14. The highest BCUT2D eigenvalue weighted by Gasteiger charge is 2.13. The monoisotopic (exact) mass is 398 g/mol. The molecule has 0 aliphatic rings. The maximum Gasteiger partial charge on any atom is 0.178 e. The van der Waals surface area contributed by atoms with Gasteiger partial charge in [0.15, 0.2) is 9.84 Å². The third-order valence-corrected chi connectivity index (χ3v) is 6.71. The van der Waals surface area contributed by atoms with Gasteiger partial charge in [0, 0.05) is 9.37 Å². The van der Waals surface area contributed by atoms with E-state index in [2.05, 4.69) is 28.1 Å². The Labute approximate surface area is 145 Å². The van der Waals surface area contributed by atoms with E-state index in [-0.39, 0.29) is 5.75 Å². The average Bonchev–Trinajstić information content (AvgIpc) is 2.49. The van der Waals surface area contributed by atoms with E-state index in [0.717, 1.165) is 22.2 Å². The maximum atomic E-state index is 12.2. The lowest BCUT2D eigenvalue weighted by Gasteiger charge is -2.05. The first-order valence-electron chi connectivity index (χ1n) is 7.15. The largest absolute Gasteiger partial charge is 0.224 e. The standard InChI is InChI=1S/C17H19BrO2S2/c1-14-4-10-17(11-5-14)22(19,20)13-3-2-12-21-16-8-6-15(18)7-9-16/h4-11H,2-3,12-13H2,1H3. The van der Waals surface area contributed by atoms with Gasteiger partial charge in [-0.05, 0) is 61.9 Å². The molecule has 2 rings (SSSR count). The smallest absolute Gasteiger partial charge is 0.178 e. The summed E-state index contributed by atoms with van der Waals surface area (Å²) < 4.78 is 25.5. The highest BCUT2D eigenvalue weighted by Crippen LogP contribution is 2.22. The van der Waals surface area contributed by atoms with Crippen LogP contribution in [0.15, 0.2) is 62.8 Å². The van der Waals surface area contributed by atoms with Gasteiger partial charge in [-0.2, -0.15) is 0 Å². The summed E-state index contributed by atoms with van der Waals surface area (Å²) in [7, 11) is -3.14. The Morgan fingerprint density at radius 1 is 0.955 bits per heavy atom. The summed E-state index contributed by atoms with van der Waals surface area (Å²) in [6.45, 7) is 1.95. The lowest BCUT2D eigenvalue weighted by Crippen LogP contribution is -2.07. The molecule has 0 N–H and O–H groups in total. The van der Waals surface area contributed by atoms with E-state index >= 15 is 0 Å². The van der Waals surface area contributed by atoms with Crippen LogP contribution in [-0.2, 0) is 9.84 Å². The van der Waals surface area contributed by atoms with Crippen LogP contribution in [0.5, 0.6) is 0 Å². The van der Waals surface area contributed by atoms with Gasteiger partial charge in [0.2, 0.25) is 0 Å². The number of aryl methyl sites for hydroxylation is 1. The number of rotatable bonds is 7. The molecule has 0 bridgehead atoms. The Bertz CT molecular complexity index is 692. The van der Waals surface area contributed by atoms with E-state index in [9.17, 15) is 8.42 Å². The minimum Gasteiger partial charge on any atom is -0.224 e. The predicted octanol–water partition coefficient (Wildman–Crippen LogP) is 5.10. The molecule has 0 aromatic heterocycles. The molecule has 0 heterocycles. The number of hydrogen-bond acceptors (Lipinski definition) is 3. The Kier molecular flexibility index (Phi) is 6.53. The summed E-state index contributed by atoms with van der Waals surface area (Å²) >= 11 is 5.17. The van der Waals surface area contributed by atoms with Crippen molar-refractivity contribution in [1.82, 2.24) is 0 Å². The fourth-order valence-electron chi connectivity index (χ4n) is 1.98. The molecule has 0 saturated heterocycles. The first kappa shape index (κ1) is 17.6. The van der Waals surface area contributed by atoms with Crippen molar-refractivity contribution in [2.75, 3.05) is 11.5 Å². The predicted molar refractivity (Wildman–Crippen MR) is 97.3 cm³/mol. The highest BCUT2D eigenvalue weighted by molar-refractivity contribution is 9.10. The molecular weight excluding hydrogens is 380 g/mol. The third kappa shape index (κ3) is 5.45. The molecule has 0 fully saturated rings. The third-order valence-electron chi connectivity index (χ3n) is 3.27. The van der Waals surface area contributed by atoms with Crippen molar-refractivity contribution in [3.8, 4) is 0 Å². The topological polar surface area (TPSA) is 34.1 Å². The zero-order chi connectivity index (χ0) is 16.0. The van der Waals surface area contributed by atoms with Crippen molar-refractivity contribution >= 4 is 37.5 Å². The van der Waals surface area contributed by atoms with Crippen molar-refractivity contribution in [2.45, 2.75) is 29.6 Å². The van der Waals surface area contributed by atoms with Gasteiger partial charge in [0.05, 0.1) is 10.6 Å². The number of unbranched alkanes of at least 4 members (excludes halogenated alkanes) is 1. The molecule has 0 aliphatic carbocycles. The molecule has 0 atom stereocenters. The summed E-state index contributed by atoms with van der Waals surface area (Å²) in [5, 5.41) is 0. The van der Waals surface area contributed by atoms with Gasteiger partial charge in [-0.25, -0.2) is 8.42 Å². The van der Waals surface area contributed by atoms with Crippen molar-refractivity contribution in [1.29, 1.82) is 0 Å². The molecule has 0 aliphatic heterocycles. The minimum absolute atomic E-state index is 0.219. The normalized spacial score (nSPS) is 11.5. The maximum absolute atomic E-state index is 12.2. The zero-order valence-electron chi connectivity index (χ0n) is 12.5. The SMILES string of the molecule is Cc1ccc(S(=O)(=O)CCCCSc2ccc(Br)cc2)cc1. The fourth-order valence-corrected chi connectivity index (χ4v) is 4.53. The van der Waals surface area contributed by atoms with Gasteiger partial charge in [-0.3, -0.25) is 0 Å². The average molecular weight is 399 g/mol. The second-order valence-corrected chi connectivity index (χ2v) is 9.33. The van der Waals surface area contributed by atoms with Crippen LogP contribution in [-0.4, -0.2) is 19.9 Å². The van der Waals surface area contributed by atoms with Gasteiger partial charge in [0.1, 0.15) is 0 Å². The Hall–Kier alpha value is -0.780. The van der Waals surface area contributed by atoms with E-state index in [1.54, 1.807) is 23.9 Å². The van der Waals surface area contributed by atoms with Crippen LogP contribution in [0, 0.1) is 6.92 Å². The molecule has 2 nitrogen and oxygen atoms in total. The number of hydrogen-bond donors (Lipinski definition) is 0. The van der Waals surface area contributed by atoms with Crippen LogP contribution < -0.4 is 0 Å². The van der Waals surface area contributed by atoms with Gasteiger partial charge in [0.25, 0.3) is 0 Å². The van der Waals surface area contributed by atoms with Crippen molar-refractivity contribution in [3.05, 3.63) is 58.6 Å². The first-order chi connectivity index (χ1) is 10.5. The van der Waals surface area contributed by atoms with E-state index in [4.69, 9.17) is 0 Å². The molecule has 0 saturated carbocycles. The van der Waals surface area contributed by atoms with Crippen molar-refractivity contribution in [3.63, 3.8) is 0 Å². The van der Waals surface area contributed by atoms with Crippen LogP contribution in [0.3, 0.4) is 0 Å². The minimum atomic E-state index is -3.14.